The Kier molecular flexibility index (Phi) is 7.57. The molecule has 33 heavy (non-hydrogen) atoms. The molecule has 170 valence electrons. The lowest BCUT2D eigenvalue weighted by Crippen LogP contribution is -2.29. The van der Waals surface area contributed by atoms with Crippen molar-refractivity contribution in [3.8, 4) is 11.3 Å². The van der Waals surface area contributed by atoms with Gasteiger partial charge in [-0.3, -0.25) is 9.59 Å². The molecule has 1 aromatic heterocycles. The van der Waals surface area contributed by atoms with E-state index in [2.05, 4.69) is 50.0 Å². The van der Waals surface area contributed by atoms with E-state index in [1.165, 1.54) is 43.6 Å². The molecule has 0 bridgehead atoms. The van der Waals surface area contributed by atoms with E-state index in [1.807, 2.05) is 12.1 Å². The number of piperidine rings is 1. The maximum absolute atomic E-state index is 12.2. The molecule has 0 aliphatic carbocycles. The molecule has 7 nitrogen and oxygen atoms in total. The van der Waals surface area contributed by atoms with Crippen LogP contribution in [0.1, 0.15) is 26.2 Å². The molecule has 3 aromatic rings. The van der Waals surface area contributed by atoms with Gasteiger partial charge >= 0.3 is 0 Å². The number of thioether (sulfide) groups is 1. The predicted octanol–water partition coefficient (Wildman–Crippen LogP) is 4.82. The SMILES string of the molecule is CC(=O)Nc1ccc(NC(=O)CSc2ccc(-c3ccc(N4CCCCC4)cc3)nn2)cc1. The van der Waals surface area contributed by atoms with Gasteiger partial charge in [-0.25, -0.2) is 0 Å². The summed E-state index contributed by atoms with van der Waals surface area (Å²) in [6.45, 7) is 3.70. The number of aromatic nitrogens is 2. The maximum atomic E-state index is 12.2. The molecule has 0 unspecified atom stereocenters. The van der Waals surface area contributed by atoms with E-state index in [1.54, 1.807) is 24.3 Å². The van der Waals surface area contributed by atoms with Crippen molar-refractivity contribution < 1.29 is 9.59 Å². The minimum absolute atomic E-state index is 0.133. The molecular formula is C25H27N5O2S. The van der Waals surface area contributed by atoms with Crippen LogP contribution in [0.4, 0.5) is 17.1 Å². The van der Waals surface area contributed by atoms with Gasteiger partial charge in [0.05, 0.1) is 11.4 Å². The zero-order valence-corrected chi connectivity index (χ0v) is 19.4. The minimum atomic E-state index is -0.134. The van der Waals surface area contributed by atoms with Crippen molar-refractivity contribution in [3.05, 3.63) is 60.7 Å². The number of carbonyl (C=O) groups excluding carboxylic acids is 2. The standard InChI is InChI=1S/C25H27N5O2S/c1-18(31)26-20-7-9-21(10-8-20)27-24(32)17-33-25-14-13-23(28-29-25)19-5-11-22(12-6-19)30-15-3-2-4-16-30/h5-14H,2-4,15-17H2,1H3,(H,26,31)(H,27,32). The molecule has 2 aromatic carbocycles. The molecule has 2 amide bonds. The van der Waals surface area contributed by atoms with Crippen molar-refractivity contribution in [2.75, 3.05) is 34.4 Å². The number of nitrogens with one attached hydrogen (secondary N) is 2. The fourth-order valence-corrected chi connectivity index (χ4v) is 4.34. The highest BCUT2D eigenvalue weighted by Crippen LogP contribution is 2.25. The van der Waals surface area contributed by atoms with Gasteiger partial charge in [0.25, 0.3) is 0 Å². The Labute approximate surface area is 198 Å². The smallest absolute Gasteiger partial charge is 0.234 e. The molecule has 8 heteroatoms. The minimum Gasteiger partial charge on any atom is -0.372 e. The van der Waals surface area contributed by atoms with Gasteiger partial charge in [-0.2, -0.15) is 0 Å². The van der Waals surface area contributed by atoms with Gasteiger partial charge in [0.15, 0.2) is 0 Å². The summed E-state index contributed by atoms with van der Waals surface area (Å²) in [5.74, 6) is -0.0392. The van der Waals surface area contributed by atoms with Crippen LogP contribution in [-0.2, 0) is 9.59 Å². The zero-order chi connectivity index (χ0) is 23.0. The highest BCUT2D eigenvalue weighted by atomic mass is 32.2. The quantitative estimate of drug-likeness (QED) is 0.491. The van der Waals surface area contributed by atoms with Crippen molar-refractivity contribution >= 4 is 40.6 Å². The largest absolute Gasteiger partial charge is 0.372 e. The Morgan fingerprint density at radius 2 is 1.52 bits per heavy atom. The molecular weight excluding hydrogens is 434 g/mol. The van der Waals surface area contributed by atoms with Gasteiger partial charge in [0.1, 0.15) is 5.03 Å². The van der Waals surface area contributed by atoms with Crippen molar-refractivity contribution in [1.82, 2.24) is 10.2 Å². The van der Waals surface area contributed by atoms with Crippen molar-refractivity contribution in [1.29, 1.82) is 0 Å². The molecule has 0 atom stereocenters. The number of carbonyl (C=O) groups is 2. The summed E-state index contributed by atoms with van der Waals surface area (Å²) in [6, 6.07) is 19.3. The maximum Gasteiger partial charge on any atom is 0.234 e. The molecule has 1 aliphatic rings. The number of hydrogen-bond donors (Lipinski definition) is 2. The van der Waals surface area contributed by atoms with Gasteiger partial charge in [-0.05, 0) is 67.8 Å². The van der Waals surface area contributed by atoms with E-state index in [-0.39, 0.29) is 17.6 Å². The number of amides is 2. The molecule has 2 heterocycles. The van der Waals surface area contributed by atoms with Gasteiger partial charge in [0.2, 0.25) is 11.8 Å². The van der Waals surface area contributed by atoms with Crippen LogP contribution in [-0.4, -0.2) is 40.9 Å². The highest BCUT2D eigenvalue weighted by molar-refractivity contribution is 7.99. The summed E-state index contributed by atoms with van der Waals surface area (Å²) < 4.78 is 0. The van der Waals surface area contributed by atoms with E-state index < -0.39 is 0 Å². The number of anilines is 3. The van der Waals surface area contributed by atoms with Crippen molar-refractivity contribution in [2.45, 2.75) is 31.2 Å². The van der Waals surface area contributed by atoms with E-state index in [0.29, 0.717) is 16.4 Å². The summed E-state index contributed by atoms with van der Waals surface area (Å²) in [5, 5.41) is 14.8. The van der Waals surface area contributed by atoms with Crippen LogP contribution in [0.5, 0.6) is 0 Å². The van der Waals surface area contributed by atoms with Gasteiger partial charge in [-0.1, -0.05) is 23.9 Å². The number of rotatable bonds is 7. The third kappa shape index (κ3) is 6.55. The number of benzene rings is 2. The Bertz CT molecular complexity index is 1080. The monoisotopic (exact) mass is 461 g/mol. The van der Waals surface area contributed by atoms with Crippen molar-refractivity contribution in [3.63, 3.8) is 0 Å². The van der Waals surface area contributed by atoms with Crippen LogP contribution in [0.2, 0.25) is 0 Å². The van der Waals surface area contributed by atoms with E-state index in [4.69, 9.17) is 0 Å². The van der Waals surface area contributed by atoms with Crippen LogP contribution >= 0.6 is 11.8 Å². The first-order valence-electron chi connectivity index (χ1n) is 11.1. The summed E-state index contributed by atoms with van der Waals surface area (Å²) in [5.41, 5.74) is 4.46. The summed E-state index contributed by atoms with van der Waals surface area (Å²) in [4.78, 5) is 25.8. The van der Waals surface area contributed by atoms with E-state index in [9.17, 15) is 9.59 Å². The molecule has 4 rings (SSSR count). The lowest BCUT2D eigenvalue weighted by Gasteiger charge is -2.28. The average Bonchev–Trinajstić information content (AvgIpc) is 2.85. The highest BCUT2D eigenvalue weighted by Gasteiger charge is 2.11. The molecule has 0 saturated carbocycles. The van der Waals surface area contributed by atoms with E-state index in [0.717, 1.165) is 24.3 Å². The van der Waals surface area contributed by atoms with Crippen LogP contribution in [0, 0.1) is 0 Å². The van der Waals surface area contributed by atoms with E-state index >= 15 is 0 Å². The van der Waals surface area contributed by atoms with Crippen LogP contribution in [0.3, 0.4) is 0 Å². The normalized spacial score (nSPS) is 13.4. The Balaban J connectivity index is 1.27. The first-order valence-corrected chi connectivity index (χ1v) is 12.0. The van der Waals surface area contributed by atoms with Gasteiger partial charge < -0.3 is 15.5 Å². The van der Waals surface area contributed by atoms with Gasteiger partial charge in [0, 0.05) is 42.6 Å². The van der Waals surface area contributed by atoms with Crippen molar-refractivity contribution in [2.24, 2.45) is 0 Å². The lowest BCUT2D eigenvalue weighted by atomic mass is 10.1. The third-order valence-corrected chi connectivity index (χ3v) is 6.28. The zero-order valence-electron chi connectivity index (χ0n) is 18.6. The van der Waals surface area contributed by atoms with Crippen LogP contribution in [0.25, 0.3) is 11.3 Å². The lowest BCUT2D eigenvalue weighted by molar-refractivity contribution is -0.114. The number of nitrogens with zero attached hydrogens (tertiary/aromatic N) is 3. The fraction of sp³-hybridized carbons (Fsp3) is 0.280. The summed E-state index contributed by atoms with van der Waals surface area (Å²) in [7, 11) is 0. The second-order valence-corrected chi connectivity index (χ2v) is 8.94. The van der Waals surface area contributed by atoms with Crippen LogP contribution < -0.4 is 15.5 Å². The Morgan fingerprint density at radius 1 is 0.848 bits per heavy atom. The number of hydrogen-bond acceptors (Lipinski definition) is 6. The third-order valence-electron chi connectivity index (χ3n) is 5.36. The second-order valence-electron chi connectivity index (χ2n) is 7.95. The first kappa shape index (κ1) is 22.8. The second kappa shape index (κ2) is 11.0. The topological polar surface area (TPSA) is 87.2 Å². The molecule has 0 spiro atoms. The average molecular weight is 462 g/mol. The molecule has 1 fully saturated rings. The summed E-state index contributed by atoms with van der Waals surface area (Å²) in [6.07, 6.45) is 3.84. The molecule has 1 saturated heterocycles. The Morgan fingerprint density at radius 3 is 2.12 bits per heavy atom. The van der Waals surface area contributed by atoms with Gasteiger partial charge in [-0.15, -0.1) is 10.2 Å². The predicted molar refractivity (Wildman–Crippen MR) is 134 cm³/mol. The van der Waals surface area contributed by atoms with Crippen LogP contribution in [0.15, 0.2) is 65.7 Å². The molecule has 0 radical (unpaired) electrons. The fourth-order valence-electron chi connectivity index (χ4n) is 3.72. The Hall–Kier alpha value is -3.39. The molecule has 1 aliphatic heterocycles. The summed E-state index contributed by atoms with van der Waals surface area (Å²) >= 11 is 1.34. The first-order chi connectivity index (χ1) is 16.1. The molecule has 2 N–H and O–H groups in total.